The molecular weight excluding hydrogens is 336 g/mol. The highest BCUT2D eigenvalue weighted by Crippen LogP contribution is 2.33. The zero-order chi connectivity index (χ0) is 18.0. The van der Waals surface area contributed by atoms with E-state index in [9.17, 15) is 15.0 Å². The van der Waals surface area contributed by atoms with Crippen LogP contribution in [0.1, 0.15) is 23.1 Å². The number of carbonyl (C=O) groups is 1. The Morgan fingerprint density at radius 2 is 2.24 bits per heavy atom. The highest BCUT2D eigenvalue weighted by atomic mass is 32.2. The van der Waals surface area contributed by atoms with Crippen LogP contribution in [0.5, 0.6) is 5.75 Å². The second-order valence-electron chi connectivity index (χ2n) is 6.02. The Kier molecular flexibility index (Phi) is 4.99. The Balaban J connectivity index is 1.73. The number of anilines is 1. The molecule has 6 heteroatoms. The third-order valence-corrected chi connectivity index (χ3v) is 5.20. The largest absolute Gasteiger partial charge is 0.508 e. The summed E-state index contributed by atoms with van der Waals surface area (Å²) >= 11 is 1.19. The second-order valence-corrected chi connectivity index (χ2v) is 6.98. The second kappa shape index (κ2) is 7.19. The monoisotopic (exact) mass is 356 g/mol. The molecule has 0 radical (unpaired) electrons. The van der Waals surface area contributed by atoms with Gasteiger partial charge in [0.25, 0.3) is 0 Å². The van der Waals surface area contributed by atoms with Gasteiger partial charge in [0.2, 0.25) is 5.91 Å². The van der Waals surface area contributed by atoms with E-state index in [4.69, 9.17) is 0 Å². The van der Waals surface area contributed by atoms with Gasteiger partial charge in [0, 0.05) is 24.0 Å². The summed E-state index contributed by atoms with van der Waals surface area (Å²) in [6, 6.07) is 7.51. The summed E-state index contributed by atoms with van der Waals surface area (Å²) in [5.41, 5.74) is 3.68. The van der Waals surface area contributed by atoms with E-state index >= 15 is 0 Å². The van der Waals surface area contributed by atoms with Crippen molar-refractivity contribution in [3.05, 3.63) is 53.7 Å². The average molecular weight is 356 g/mol. The van der Waals surface area contributed by atoms with Crippen molar-refractivity contribution >= 4 is 29.1 Å². The molecule has 0 saturated heterocycles. The van der Waals surface area contributed by atoms with Gasteiger partial charge < -0.3 is 15.1 Å². The molecule has 1 aliphatic heterocycles. The number of aryl methyl sites for hydroxylation is 2. The summed E-state index contributed by atoms with van der Waals surface area (Å²) in [4.78, 5) is 18.6. The number of aliphatic hydroxyl groups excluding tert-OH is 1. The summed E-state index contributed by atoms with van der Waals surface area (Å²) in [7, 11) is 0. The van der Waals surface area contributed by atoms with Gasteiger partial charge in [-0.15, -0.1) is 0 Å². The van der Waals surface area contributed by atoms with E-state index in [1.165, 1.54) is 29.6 Å². The smallest absolute Gasteiger partial charge is 0.237 e. The van der Waals surface area contributed by atoms with E-state index in [1.807, 2.05) is 24.0 Å². The molecule has 0 atom stereocenters. The van der Waals surface area contributed by atoms with Crippen LogP contribution in [-0.2, 0) is 11.2 Å². The molecule has 25 heavy (non-hydrogen) atoms. The number of amides is 1. The lowest BCUT2D eigenvalue weighted by molar-refractivity contribution is -0.116. The lowest BCUT2D eigenvalue weighted by Crippen LogP contribution is -2.37. The molecule has 1 amide bonds. The fourth-order valence-corrected chi connectivity index (χ4v) is 3.76. The Hall–Kier alpha value is -2.47. The molecule has 2 N–H and O–H groups in total. The van der Waals surface area contributed by atoms with Gasteiger partial charge in [-0.05, 0) is 37.0 Å². The van der Waals surface area contributed by atoms with Gasteiger partial charge in [-0.2, -0.15) is 0 Å². The highest BCUT2D eigenvalue weighted by Gasteiger charge is 2.24. The molecule has 2 heterocycles. The molecule has 0 fully saturated rings. The molecule has 3 rings (SSSR count). The van der Waals surface area contributed by atoms with Crippen LogP contribution in [-0.4, -0.2) is 33.4 Å². The molecule has 0 unspecified atom stereocenters. The fourth-order valence-electron chi connectivity index (χ4n) is 3.01. The Bertz CT molecular complexity index is 835. The van der Waals surface area contributed by atoms with Gasteiger partial charge in [-0.1, -0.05) is 36.5 Å². The van der Waals surface area contributed by atoms with Crippen molar-refractivity contribution in [1.29, 1.82) is 0 Å². The zero-order valence-electron chi connectivity index (χ0n) is 14.0. The number of nitrogens with zero attached hydrogens (tertiary/aromatic N) is 2. The van der Waals surface area contributed by atoms with Crippen molar-refractivity contribution in [3.63, 3.8) is 0 Å². The number of thioether (sulfide) groups is 1. The summed E-state index contributed by atoms with van der Waals surface area (Å²) in [5, 5.41) is 19.7. The van der Waals surface area contributed by atoms with Crippen LogP contribution >= 0.6 is 11.8 Å². The minimum absolute atomic E-state index is 0.00269. The Labute approximate surface area is 151 Å². The zero-order valence-corrected chi connectivity index (χ0v) is 14.8. The number of aliphatic hydroxyl groups is 1. The molecule has 1 aliphatic rings. The first-order valence-corrected chi connectivity index (χ1v) is 9.05. The minimum Gasteiger partial charge on any atom is -0.508 e. The third-order valence-electron chi connectivity index (χ3n) is 4.22. The van der Waals surface area contributed by atoms with Crippen molar-refractivity contribution in [1.82, 2.24) is 4.98 Å². The first-order valence-electron chi connectivity index (χ1n) is 8.06. The van der Waals surface area contributed by atoms with Crippen molar-refractivity contribution < 1.29 is 15.0 Å². The van der Waals surface area contributed by atoms with Gasteiger partial charge in [-0.3, -0.25) is 4.79 Å². The molecule has 0 aliphatic carbocycles. The number of benzene rings is 1. The maximum absolute atomic E-state index is 12.7. The number of para-hydroxylation sites is 1. The van der Waals surface area contributed by atoms with Gasteiger partial charge in [0.15, 0.2) is 0 Å². The van der Waals surface area contributed by atoms with Crippen molar-refractivity contribution in [3.8, 4) is 5.75 Å². The van der Waals surface area contributed by atoms with Crippen molar-refractivity contribution in [2.75, 3.05) is 17.2 Å². The number of aromatic hydroxyl groups is 1. The average Bonchev–Trinajstić information content (AvgIpc) is 2.60. The molecule has 5 nitrogen and oxygen atoms in total. The Morgan fingerprint density at radius 3 is 2.96 bits per heavy atom. The van der Waals surface area contributed by atoms with E-state index in [0.29, 0.717) is 17.1 Å². The summed E-state index contributed by atoms with van der Waals surface area (Å²) in [6.45, 7) is 6.13. The van der Waals surface area contributed by atoms with Gasteiger partial charge in [0.1, 0.15) is 16.5 Å². The minimum atomic E-state index is -0.157. The SMILES string of the molecule is C=C(O)c1cnc(SCC(=O)N2CCCc3cccc(C)c32)c(O)c1. The number of fused-ring (bicyclic) bond motifs is 1. The number of hydrogen-bond acceptors (Lipinski definition) is 5. The quantitative estimate of drug-likeness (QED) is 0.645. The van der Waals surface area contributed by atoms with Crippen LogP contribution in [0.3, 0.4) is 0 Å². The predicted octanol–water partition coefficient (Wildman–Crippen LogP) is 3.70. The molecule has 2 aromatic rings. The highest BCUT2D eigenvalue weighted by molar-refractivity contribution is 8.00. The number of carbonyl (C=O) groups excluding carboxylic acids is 1. The van der Waals surface area contributed by atoms with E-state index in [1.54, 1.807) is 0 Å². The number of hydrogen-bond donors (Lipinski definition) is 2. The lowest BCUT2D eigenvalue weighted by atomic mass is 9.98. The van der Waals surface area contributed by atoms with Gasteiger partial charge in [0.05, 0.1) is 5.75 Å². The van der Waals surface area contributed by atoms with Crippen LogP contribution in [0.4, 0.5) is 5.69 Å². The molecule has 0 spiro atoms. The van der Waals surface area contributed by atoms with Crippen LogP contribution in [0.25, 0.3) is 5.76 Å². The number of pyridine rings is 1. The molecule has 130 valence electrons. The van der Waals surface area contributed by atoms with E-state index < -0.39 is 0 Å². The van der Waals surface area contributed by atoms with Crippen LogP contribution < -0.4 is 4.90 Å². The van der Waals surface area contributed by atoms with Gasteiger partial charge in [-0.25, -0.2) is 4.98 Å². The first-order chi connectivity index (χ1) is 12.0. The van der Waals surface area contributed by atoms with Crippen LogP contribution in [0.2, 0.25) is 0 Å². The summed E-state index contributed by atoms with van der Waals surface area (Å²) < 4.78 is 0. The summed E-state index contributed by atoms with van der Waals surface area (Å²) in [5.74, 6) is -0.0399. The number of rotatable bonds is 4. The topological polar surface area (TPSA) is 73.7 Å². The standard InChI is InChI=1S/C19H20N2O3S/c1-12-5-3-6-14-7-4-8-21(18(12)14)17(24)11-25-19-16(23)9-15(10-20-19)13(2)22/h3,5-6,9-10,22-23H,2,4,7-8,11H2,1H3. The lowest BCUT2D eigenvalue weighted by Gasteiger charge is -2.31. The molecule has 1 aromatic carbocycles. The van der Waals surface area contributed by atoms with Crippen molar-refractivity contribution in [2.24, 2.45) is 0 Å². The van der Waals surface area contributed by atoms with Crippen LogP contribution in [0.15, 0.2) is 42.1 Å². The predicted molar refractivity (Wildman–Crippen MR) is 100 cm³/mol. The fraction of sp³-hybridized carbons (Fsp3) is 0.263. The van der Waals surface area contributed by atoms with E-state index in [-0.39, 0.29) is 23.2 Å². The normalized spacial score (nSPS) is 13.4. The summed E-state index contributed by atoms with van der Waals surface area (Å²) in [6.07, 6.45) is 3.36. The van der Waals surface area contributed by atoms with Crippen molar-refractivity contribution in [2.45, 2.75) is 24.8 Å². The van der Waals surface area contributed by atoms with Crippen LogP contribution in [0, 0.1) is 6.92 Å². The van der Waals surface area contributed by atoms with E-state index in [0.717, 1.165) is 24.1 Å². The number of aromatic nitrogens is 1. The first kappa shape index (κ1) is 17.4. The maximum atomic E-state index is 12.7. The molecule has 0 bridgehead atoms. The molecule has 1 aromatic heterocycles. The molecule has 0 saturated carbocycles. The van der Waals surface area contributed by atoms with E-state index in [2.05, 4.69) is 17.6 Å². The Morgan fingerprint density at radius 1 is 1.44 bits per heavy atom. The molecular formula is C19H20N2O3S. The third kappa shape index (κ3) is 3.64. The maximum Gasteiger partial charge on any atom is 0.237 e. The van der Waals surface area contributed by atoms with Gasteiger partial charge >= 0.3 is 0 Å².